The molecule has 1 unspecified atom stereocenters. The van der Waals surface area contributed by atoms with Crippen LogP contribution < -0.4 is 10.1 Å². The Bertz CT molecular complexity index is 771. The van der Waals surface area contributed by atoms with E-state index in [1.54, 1.807) is 60.9 Å². The Labute approximate surface area is 138 Å². The second-order valence-electron chi connectivity index (χ2n) is 5.06. The predicted molar refractivity (Wildman–Crippen MR) is 86.8 cm³/mol. The molecule has 2 N–H and O–H groups in total. The van der Waals surface area contributed by atoms with Crippen LogP contribution in [0.3, 0.4) is 0 Å². The summed E-state index contributed by atoms with van der Waals surface area (Å²) in [5.41, 5.74) is 0.472. The van der Waals surface area contributed by atoms with Crippen molar-refractivity contribution >= 4 is 5.91 Å². The van der Waals surface area contributed by atoms with E-state index in [4.69, 9.17) is 9.15 Å². The van der Waals surface area contributed by atoms with Crippen molar-refractivity contribution in [3.8, 4) is 11.5 Å². The van der Waals surface area contributed by atoms with Crippen LogP contribution in [0.2, 0.25) is 0 Å². The Morgan fingerprint density at radius 1 is 1.17 bits per heavy atom. The lowest BCUT2D eigenvalue weighted by molar-refractivity contribution is 0.0901. The highest BCUT2D eigenvalue weighted by atomic mass is 16.5. The van der Waals surface area contributed by atoms with E-state index in [0.29, 0.717) is 22.8 Å². The van der Waals surface area contributed by atoms with Crippen molar-refractivity contribution < 1.29 is 19.1 Å². The summed E-state index contributed by atoms with van der Waals surface area (Å²) in [6.07, 6.45) is 3.87. The van der Waals surface area contributed by atoms with Crippen molar-refractivity contribution in [2.45, 2.75) is 6.10 Å². The largest absolute Gasteiger partial charge is 0.467 e. The molecule has 0 spiro atoms. The van der Waals surface area contributed by atoms with Crippen LogP contribution in [-0.2, 0) is 0 Å². The minimum atomic E-state index is -0.878. The van der Waals surface area contributed by atoms with Gasteiger partial charge in [0.05, 0.1) is 19.0 Å². The first-order chi connectivity index (χ1) is 11.7. The molecule has 3 rings (SSSR count). The Balaban J connectivity index is 1.56. The topological polar surface area (TPSA) is 84.6 Å². The van der Waals surface area contributed by atoms with Gasteiger partial charge in [-0.2, -0.15) is 0 Å². The number of hydrogen-bond donors (Lipinski definition) is 2. The van der Waals surface area contributed by atoms with E-state index in [1.165, 1.54) is 6.26 Å². The van der Waals surface area contributed by atoms with E-state index in [0.717, 1.165) is 0 Å². The van der Waals surface area contributed by atoms with E-state index in [1.807, 2.05) is 0 Å². The molecule has 0 bridgehead atoms. The third kappa shape index (κ3) is 3.99. The van der Waals surface area contributed by atoms with Crippen LogP contribution in [0.25, 0.3) is 0 Å². The fourth-order valence-corrected chi connectivity index (χ4v) is 2.09. The molecule has 0 aliphatic heterocycles. The number of carbonyl (C=O) groups excluding carboxylic acids is 1. The molecular weight excluding hydrogens is 308 g/mol. The number of ether oxygens (including phenoxy) is 1. The molecule has 1 aromatic carbocycles. The Morgan fingerprint density at radius 2 is 2.00 bits per heavy atom. The first kappa shape index (κ1) is 15.8. The molecule has 0 radical (unpaired) electrons. The monoisotopic (exact) mass is 324 g/mol. The van der Waals surface area contributed by atoms with Gasteiger partial charge in [0.1, 0.15) is 23.4 Å². The number of furan rings is 1. The number of aromatic nitrogens is 1. The third-order valence-corrected chi connectivity index (χ3v) is 3.31. The van der Waals surface area contributed by atoms with Crippen LogP contribution in [0.1, 0.15) is 22.2 Å². The SMILES string of the molecule is O=C(NCC(O)c1ccco1)c1ccc(Oc2cccnc2)cc1. The minimum Gasteiger partial charge on any atom is -0.467 e. The smallest absolute Gasteiger partial charge is 0.251 e. The van der Waals surface area contributed by atoms with Gasteiger partial charge in [-0.3, -0.25) is 9.78 Å². The zero-order chi connectivity index (χ0) is 16.8. The van der Waals surface area contributed by atoms with Gasteiger partial charge in [0.15, 0.2) is 0 Å². The molecule has 0 saturated carbocycles. The van der Waals surface area contributed by atoms with Gasteiger partial charge < -0.3 is 19.6 Å². The zero-order valence-electron chi connectivity index (χ0n) is 12.8. The fourth-order valence-electron chi connectivity index (χ4n) is 2.09. The van der Waals surface area contributed by atoms with Crippen molar-refractivity contribution in [2.24, 2.45) is 0 Å². The molecule has 1 amide bonds. The van der Waals surface area contributed by atoms with Crippen LogP contribution >= 0.6 is 0 Å². The molecule has 2 heterocycles. The van der Waals surface area contributed by atoms with Gasteiger partial charge in [-0.15, -0.1) is 0 Å². The maximum Gasteiger partial charge on any atom is 0.251 e. The van der Waals surface area contributed by atoms with Gasteiger partial charge in [-0.1, -0.05) is 0 Å². The molecule has 3 aromatic rings. The van der Waals surface area contributed by atoms with Crippen molar-refractivity contribution in [1.29, 1.82) is 0 Å². The van der Waals surface area contributed by atoms with Gasteiger partial charge in [-0.25, -0.2) is 0 Å². The van der Waals surface area contributed by atoms with Crippen LogP contribution in [0.15, 0.2) is 71.6 Å². The van der Waals surface area contributed by atoms with Crippen molar-refractivity contribution in [3.63, 3.8) is 0 Å². The average Bonchev–Trinajstić information content (AvgIpc) is 3.16. The van der Waals surface area contributed by atoms with Gasteiger partial charge in [-0.05, 0) is 48.5 Å². The zero-order valence-corrected chi connectivity index (χ0v) is 12.8. The lowest BCUT2D eigenvalue weighted by atomic mass is 10.2. The summed E-state index contributed by atoms with van der Waals surface area (Å²) in [6, 6.07) is 13.6. The second-order valence-corrected chi connectivity index (χ2v) is 5.06. The average molecular weight is 324 g/mol. The summed E-state index contributed by atoms with van der Waals surface area (Å²) in [4.78, 5) is 16.1. The van der Waals surface area contributed by atoms with Gasteiger partial charge in [0.2, 0.25) is 0 Å². The number of aliphatic hydroxyl groups excluding tert-OH is 1. The first-order valence-electron chi connectivity index (χ1n) is 7.40. The lowest BCUT2D eigenvalue weighted by Gasteiger charge is -2.10. The number of nitrogens with one attached hydrogen (secondary N) is 1. The van der Waals surface area contributed by atoms with Crippen LogP contribution in [-0.4, -0.2) is 22.5 Å². The summed E-state index contributed by atoms with van der Waals surface area (Å²) in [7, 11) is 0. The standard InChI is InChI=1S/C18H16N2O4/c21-16(17-4-2-10-23-17)12-20-18(22)13-5-7-14(8-6-13)24-15-3-1-9-19-11-15/h1-11,16,21H,12H2,(H,20,22). The van der Waals surface area contributed by atoms with E-state index in [9.17, 15) is 9.90 Å². The van der Waals surface area contributed by atoms with E-state index >= 15 is 0 Å². The number of benzene rings is 1. The highest BCUT2D eigenvalue weighted by molar-refractivity contribution is 5.94. The Kier molecular flexibility index (Phi) is 4.88. The number of carbonyl (C=O) groups is 1. The number of amides is 1. The quantitative estimate of drug-likeness (QED) is 0.728. The maximum absolute atomic E-state index is 12.1. The predicted octanol–water partition coefficient (Wildman–Crippen LogP) is 2.93. The fraction of sp³-hybridized carbons (Fsp3) is 0.111. The summed E-state index contributed by atoms with van der Waals surface area (Å²) in [5.74, 6) is 1.36. The van der Waals surface area contributed by atoms with Gasteiger partial charge in [0, 0.05) is 11.8 Å². The molecule has 2 aromatic heterocycles. The Hall–Kier alpha value is -3.12. The number of rotatable bonds is 6. The molecule has 122 valence electrons. The third-order valence-electron chi connectivity index (χ3n) is 3.31. The van der Waals surface area contributed by atoms with Gasteiger partial charge >= 0.3 is 0 Å². The number of pyridine rings is 1. The first-order valence-corrected chi connectivity index (χ1v) is 7.40. The molecule has 0 fully saturated rings. The molecule has 6 heteroatoms. The minimum absolute atomic E-state index is 0.0697. The van der Waals surface area contributed by atoms with E-state index < -0.39 is 6.10 Å². The number of hydrogen-bond acceptors (Lipinski definition) is 5. The highest BCUT2D eigenvalue weighted by Crippen LogP contribution is 2.20. The van der Waals surface area contributed by atoms with Crippen molar-refractivity contribution in [1.82, 2.24) is 10.3 Å². The van der Waals surface area contributed by atoms with Crippen molar-refractivity contribution in [2.75, 3.05) is 6.54 Å². The molecule has 0 aliphatic rings. The maximum atomic E-state index is 12.1. The van der Waals surface area contributed by atoms with Crippen molar-refractivity contribution in [3.05, 3.63) is 78.5 Å². The molecule has 24 heavy (non-hydrogen) atoms. The van der Waals surface area contributed by atoms with Crippen LogP contribution in [0.4, 0.5) is 0 Å². The molecule has 1 atom stereocenters. The number of nitrogens with zero attached hydrogens (tertiary/aromatic N) is 1. The summed E-state index contributed by atoms with van der Waals surface area (Å²) >= 11 is 0. The van der Waals surface area contributed by atoms with Gasteiger partial charge in [0.25, 0.3) is 5.91 Å². The summed E-state index contributed by atoms with van der Waals surface area (Å²) < 4.78 is 10.7. The number of aliphatic hydroxyl groups is 1. The lowest BCUT2D eigenvalue weighted by Crippen LogP contribution is -2.28. The van der Waals surface area contributed by atoms with Crippen LogP contribution in [0, 0.1) is 0 Å². The molecule has 0 aliphatic carbocycles. The summed E-state index contributed by atoms with van der Waals surface area (Å²) in [5, 5.41) is 12.5. The molecule has 6 nitrogen and oxygen atoms in total. The second kappa shape index (κ2) is 7.43. The van der Waals surface area contributed by atoms with Crippen LogP contribution in [0.5, 0.6) is 11.5 Å². The van der Waals surface area contributed by atoms with E-state index in [-0.39, 0.29) is 12.5 Å². The Morgan fingerprint density at radius 3 is 2.67 bits per heavy atom. The normalized spacial score (nSPS) is 11.7. The molecular formula is C18H16N2O4. The molecule has 0 saturated heterocycles. The highest BCUT2D eigenvalue weighted by Gasteiger charge is 2.13. The van der Waals surface area contributed by atoms with E-state index in [2.05, 4.69) is 10.3 Å². The summed E-state index contributed by atoms with van der Waals surface area (Å²) in [6.45, 7) is 0.0697.